The van der Waals surface area contributed by atoms with Crippen molar-refractivity contribution in [3.63, 3.8) is 0 Å². The molecule has 0 bridgehead atoms. The molecule has 0 aromatic heterocycles. The molecule has 1 aromatic rings. The molecule has 0 aliphatic rings. The summed E-state index contributed by atoms with van der Waals surface area (Å²) in [6.45, 7) is 9.17. The fourth-order valence-electron chi connectivity index (χ4n) is 1.40. The zero-order chi connectivity index (χ0) is 13.9. The molecule has 1 unspecified atom stereocenters. The third-order valence-corrected chi connectivity index (χ3v) is 3.57. The van der Waals surface area contributed by atoms with E-state index < -0.39 is 4.92 Å². The van der Waals surface area contributed by atoms with Crippen molar-refractivity contribution in [1.82, 2.24) is 0 Å². The number of benzene rings is 1. The topological polar surface area (TPSA) is 55.2 Å². The maximum absolute atomic E-state index is 10.9. The first-order chi connectivity index (χ1) is 8.23. The van der Waals surface area contributed by atoms with Gasteiger partial charge < -0.3 is 5.32 Å². The molecule has 0 spiro atoms. The van der Waals surface area contributed by atoms with Gasteiger partial charge in [0.2, 0.25) is 0 Å². The van der Waals surface area contributed by atoms with Crippen molar-refractivity contribution in [1.29, 1.82) is 0 Å². The average Bonchev–Trinajstić information content (AvgIpc) is 2.25. The SMILES string of the molecule is CC(CNc1c(Cl)cccc1[N+](=O)[O-])C(C)(C)C. The first-order valence-corrected chi connectivity index (χ1v) is 6.28. The summed E-state index contributed by atoms with van der Waals surface area (Å²) in [6.07, 6.45) is 0. The largest absolute Gasteiger partial charge is 0.378 e. The summed E-state index contributed by atoms with van der Waals surface area (Å²) in [7, 11) is 0. The Balaban J connectivity index is 2.88. The third kappa shape index (κ3) is 3.60. The minimum atomic E-state index is -0.421. The maximum Gasteiger partial charge on any atom is 0.293 e. The van der Waals surface area contributed by atoms with Crippen molar-refractivity contribution in [3.8, 4) is 0 Å². The van der Waals surface area contributed by atoms with Crippen LogP contribution >= 0.6 is 11.6 Å². The van der Waals surface area contributed by atoms with Crippen LogP contribution in [0, 0.1) is 21.4 Å². The van der Waals surface area contributed by atoms with Gasteiger partial charge in [0.25, 0.3) is 5.69 Å². The predicted molar refractivity (Wildman–Crippen MR) is 75.2 cm³/mol. The van der Waals surface area contributed by atoms with Crippen LogP contribution in [0.1, 0.15) is 27.7 Å². The second-order valence-corrected chi connectivity index (χ2v) is 5.95. The number of hydrogen-bond acceptors (Lipinski definition) is 3. The van der Waals surface area contributed by atoms with E-state index in [2.05, 4.69) is 33.0 Å². The van der Waals surface area contributed by atoms with Crippen molar-refractivity contribution >= 4 is 23.0 Å². The van der Waals surface area contributed by atoms with Crippen molar-refractivity contribution in [2.45, 2.75) is 27.7 Å². The van der Waals surface area contributed by atoms with Crippen LogP contribution < -0.4 is 5.32 Å². The van der Waals surface area contributed by atoms with E-state index >= 15 is 0 Å². The van der Waals surface area contributed by atoms with Gasteiger partial charge in [0, 0.05) is 12.6 Å². The molecule has 100 valence electrons. The van der Waals surface area contributed by atoms with Gasteiger partial charge in [-0.15, -0.1) is 0 Å². The predicted octanol–water partition coefficient (Wildman–Crippen LogP) is 4.34. The number of nitro benzene ring substituents is 1. The Morgan fingerprint density at radius 3 is 2.56 bits per heavy atom. The first-order valence-electron chi connectivity index (χ1n) is 5.90. The molecular weight excluding hydrogens is 252 g/mol. The number of nitrogens with zero attached hydrogens (tertiary/aromatic N) is 1. The molecule has 0 amide bonds. The summed E-state index contributed by atoms with van der Waals surface area (Å²) < 4.78 is 0. The van der Waals surface area contributed by atoms with Gasteiger partial charge in [-0.25, -0.2) is 0 Å². The van der Waals surface area contributed by atoms with E-state index in [4.69, 9.17) is 11.6 Å². The van der Waals surface area contributed by atoms with Crippen LogP contribution in [0.15, 0.2) is 18.2 Å². The van der Waals surface area contributed by atoms with Crippen LogP contribution in [-0.2, 0) is 0 Å². The molecule has 0 saturated heterocycles. The van der Waals surface area contributed by atoms with Crippen molar-refractivity contribution in [2.24, 2.45) is 11.3 Å². The fraction of sp³-hybridized carbons (Fsp3) is 0.538. The maximum atomic E-state index is 10.9. The zero-order valence-electron chi connectivity index (χ0n) is 11.2. The van der Waals surface area contributed by atoms with Crippen molar-refractivity contribution in [2.75, 3.05) is 11.9 Å². The van der Waals surface area contributed by atoms with Gasteiger partial charge >= 0.3 is 0 Å². The van der Waals surface area contributed by atoms with Crippen LogP contribution in [0.2, 0.25) is 5.02 Å². The molecule has 18 heavy (non-hydrogen) atoms. The fourth-order valence-corrected chi connectivity index (χ4v) is 1.64. The molecule has 1 atom stereocenters. The highest BCUT2D eigenvalue weighted by Crippen LogP contribution is 2.33. The molecule has 0 radical (unpaired) electrons. The Hall–Kier alpha value is -1.29. The van der Waals surface area contributed by atoms with Crippen LogP contribution in [0.5, 0.6) is 0 Å². The number of para-hydroxylation sites is 1. The van der Waals surface area contributed by atoms with Crippen molar-refractivity contribution < 1.29 is 4.92 Å². The molecule has 0 fully saturated rings. The van der Waals surface area contributed by atoms with E-state index in [9.17, 15) is 10.1 Å². The summed E-state index contributed by atoms with van der Waals surface area (Å²) in [4.78, 5) is 10.5. The number of rotatable bonds is 4. The standard InChI is InChI=1S/C13H19ClN2O2/c1-9(13(2,3)4)8-15-12-10(14)6-5-7-11(12)16(17)18/h5-7,9,15H,8H2,1-4H3. The highest BCUT2D eigenvalue weighted by Gasteiger charge is 2.22. The van der Waals surface area contributed by atoms with Gasteiger partial charge in [-0.1, -0.05) is 45.4 Å². The smallest absolute Gasteiger partial charge is 0.293 e. The lowest BCUT2D eigenvalue weighted by Gasteiger charge is -2.27. The van der Waals surface area contributed by atoms with Crippen molar-refractivity contribution in [3.05, 3.63) is 33.3 Å². The van der Waals surface area contributed by atoms with Crippen LogP contribution in [0.4, 0.5) is 11.4 Å². The molecule has 4 nitrogen and oxygen atoms in total. The Bertz CT molecular complexity index is 441. The lowest BCUT2D eigenvalue weighted by Crippen LogP contribution is -2.25. The molecule has 5 heteroatoms. The number of halogens is 1. The second-order valence-electron chi connectivity index (χ2n) is 5.54. The van der Waals surface area contributed by atoms with Crippen LogP contribution in [-0.4, -0.2) is 11.5 Å². The molecule has 0 heterocycles. The Morgan fingerprint density at radius 2 is 2.06 bits per heavy atom. The minimum absolute atomic E-state index is 0.0172. The zero-order valence-corrected chi connectivity index (χ0v) is 11.9. The summed E-state index contributed by atoms with van der Waals surface area (Å²) in [5.41, 5.74) is 0.562. The van der Waals surface area contributed by atoms with E-state index in [0.29, 0.717) is 23.2 Å². The molecule has 0 aliphatic heterocycles. The van der Waals surface area contributed by atoms with Gasteiger partial charge in [-0.05, 0) is 17.4 Å². The first kappa shape index (κ1) is 14.8. The molecule has 1 N–H and O–H groups in total. The van der Waals surface area contributed by atoms with Crippen LogP contribution in [0.3, 0.4) is 0 Å². The monoisotopic (exact) mass is 270 g/mol. The van der Waals surface area contributed by atoms with E-state index in [0.717, 1.165) is 0 Å². The van der Waals surface area contributed by atoms with E-state index in [1.807, 2.05) is 0 Å². The summed E-state index contributed by atoms with van der Waals surface area (Å²) in [5, 5.41) is 14.4. The normalized spacial score (nSPS) is 13.2. The number of nitrogens with one attached hydrogen (secondary N) is 1. The summed E-state index contributed by atoms with van der Waals surface area (Å²) in [6, 6.07) is 4.69. The molecule has 1 rings (SSSR count). The van der Waals surface area contributed by atoms with Crippen LogP contribution in [0.25, 0.3) is 0 Å². The quantitative estimate of drug-likeness (QED) is 0.654. The molecule has 1 aromatic carbocycles. The summed E-state index contributed by atoms with van der Waals surface area (Å²) in [5.74, 6) is 0.369. The number of anilines is 1. The lowest BCUT2D eigenvalue weighted by molar-refractivity contribution is -0.383. The Labute approximate surface area is 112 Å². The molecular formula is C13H19ClN2O2. The van der Waals surface area contributed by atoms with Gasteiger partial charge in [0.1, 0.15) is 5.69 Å². The number of nitro groups is 1. The number of hydrogen-bond donors (Lipinski definition) is 1. The average molecular weight is 271 g/mol. The van der Waals surface area contributed by atoms with Gasteiger partial charge in [-0.2, -0.15) is 0 Å². The summed E-state index contributed by atoms with van der Waals surface area (Å²) >= 11 is 6.00. The van der Waals surface area contributed by atoms with Gasteiger partial charge in [0.05, 0.1) is 9.95 Å². The highest BCUT2D eigenvalue weighted by molar-refractivity contribution is 6.33. The lowest BCUT2D eigenvalue weighted by atomic mass is 9.82. The Morgan fingerprint density at radius 1 is 1.44 bits per heavy atom. The molecule has 0 saturated carbocycles. The Kier molecular flexibility index (Phi) is 4.57. The third-order valence-electron chi connectivity index (χ3n) is 3.25. The van der Waals surface area contributed by atoms with Gasteiger partial charge in [-0.3, -0.25) is 10.1 Å². The molecule has 0 aliphatic carbocycles. The minimum Gasteiger partial charge on any atom is -0.378 e. The van der Waals surface area contributed by atoms with Gasteiger partial charge in [0.15, 0.2) is 0 Å². The van der Waals surface area contributed by atoms with E-state index in [1.165, 1.54) is 6.07 Å². The van der Waals surface area contributed by atoms with E-state index in [-0.39, 0.29) is 11.1 Å². The highest BCUT2D eigenvalue weighted by atomic mass is 35.5. The second kappa shape index (κ2) is 5.57. The van der Waals surface area contributed by atoms with E-state index in [1.54, 1.807) is 12.1 Å².